The second-order valence-corrected chi connectivity index (χ2v) is 6.84. The van der Waals surface area contributed by atoms with Crippen LogP contribution in [0.15, 0.2) is 35.5 Å². The second kappa shape index (κ2) is 5.16. The minimum Gasteiger partial charge on any atom is -0.452 e. The van der Waals surface area contributed by atoms with Gasteiger partial charge in [0.05, 0.1) is 23.0 Å². The van der Waals surface area contributed by atoms with Crippen molar-refractivity contribution in [3.63, 3.8) is 0 Å². The summed E-state index contributed by atoms with van der Waals surface area (Å²) in [6.07, 6.45) is 4.48. The molecule has 0 bridgehead atoms. The van der Waals surface area contributed by atoms with Crippen molar-refractivity contribution in [2.24, 2.45) is 0 Å². The molecule has 2 rings (SSSR count). The number of anilines is 1. The standard InChI is InChI=1S/C13H17N3O3S/c1-9(2)16-8-10(7-15-16)19-13-5-4-11(6-12(13)14)20(3,17)18/h4-9H,14H2,1-3H3. The predicted octanol–water partition coefficient (Wildman–Crippen LogP) is 2.24. The molecule has 0 saturated heterocycles. The molecule has 0 saturated carbocycles. The summed E-state index contributed by atoms with van der Waals surface area (Å²) in [4.78, 5) is 0.167. The van der Waals surface area contributed by atoms with Gasteiger partial charge in [0.1, 0.15) is 0 Å². The first-order valence-electron chi connectivity index (χ1n) is 6.09. The monoisotopic (exact) mass is 295 g/mol. The molecule has 0 atom stereocenters. The Hall–Kier alpha value is -2.02. The zero-order valence-corrected chi connectivity index (χ0v) is 12.4. The lowest BCUT2D eigenvalue weighted by molar-refractivity contribution is 0.479. The molecule has 1 heterocycles. The molecular weight excluding hydrogens is 278 g/mol. The van der Waals surface area contributed by atoms with Crippen LogP contribution in [-0.4, -0.2) is 24.5 Å². The van der Waals surface area contributed by atoms with E-state index in [-0.39, 0.29) is 16.6 Å². The van der Waals surface area contributed by atoms with Crippen LogP contribution in [0, 0.1) is 0 Å². The Morgan fingerprint density at radius 1 is 1.35 bits per heavy atom. The van der Waals surface area contributed by atoms with Gasteiger partial charge in [0, 0.05) is 12.3 Å². The number of benzene rings is 1. The number of nitrogens with zero attached hydrogens (tertiary/aromatic N) is 2. The maximum Gasteiger partial charge on any atom is 0.175 e. The second-order valence-electron chi connectivity index (χ2n) is 4.82. The van der Waals surface area contributed by atoms with E-state index in [9.17, 15) is 8.42 Å². The van der Waals surface area contributed by atoms with Crippen molar-refractivity contribution in [2.75, 3.05) is 12.0 Å². The average Bonchev–Trinajstić information content (AvgIpc) is 2.79. The highest BCUT2D eigenvalue weighted by Gasteiger charge is 2.11. The number of nitrogens with two attached hydrogens (primary N) is 1. The first-order valence-corrected chi connectivity index (χ1v) is 7.98. The highest BCUT2D eigenvalue weighted by atomic mass is 32.2. The van der Waals surface area contributed by atoms with Crippen LogP contribution < -0.4 is 10.5 Å². The maximum absolute atomic E-state index is 11.4. The van der Waals surface area contributed by atoms with Gasteiger partial charge in [0.2, 0.25) is 0 Å². The predicted molar refractivity (Wildman–Crippen MR) is 76.7 cm³/mol. The summed E-state index contributed by atoms with van der Waals surface area (Å²) in [5.41, 5.74) is 6.08. The van der Waals surface area contributed by atoms with E-state index in [1.807, 2.05) is 13.8 Å². The quantitative estimate of drug-likeness (QED) is 0.874. The molecule has 1 aromatic heterocycles. The summed E-state index contributed by atoms with van der Waals surface area (Å²) in [5, 5.41) is 4.15. The van der Waals surface area contributed by atoms with E-state index in [0.717, 1.165) is 6.26 Å². The van der Waals surface area contributed by atoms with Gasteiger partial charge in [-0.25, -0.2) is 8.42 Å². The molecular formula is C13H17N3O3S. The van der Waals surface area contributed by atoms with E-state index in [2.05, 4.69) is 5.10 Å². The number of ether oxygens (including phenoxy) is 1. The van der Waals surface area contributed by atoms with Crippen LogP contribution in [0.4, 0.5) is 5.69 Å². The molecule has 108 valence electrons. The van der Waals surface area contributed by atoms with Gasteiger partial charge in [-0.1, -0.05) is 0 Å². The number of hydrogen-bond donors (Lipinski definition) is 1. The van der Waals surface area contributed by atoms with Gasteiger partial charge in [-0.15, -0.1) is 0 Å². The van der Waals surface area contributed by atoms with E-state index in [0.29, 0.717) is 11.5 Å². The highest BCUT2D eigenvalue weighted by Crippen LogP contribution is 2.29. The zero-order valence-electron chi connectivity index (χ0n) is 11.6. The minimum atomic E-state index is -3.27. The van der Waals surface area contributed by atoms with Crippen molar-refractivity contribution >= 4 is 15.5 Å². The minimum absolute atomic E-state index is 0.167. The molecule has 2 aromatic rings. The SMILES string of the molecule is CC(C)n1cc(Oc2ccc(S(C)(=O)=O)cc2N)cn1. The molecule has 1 aromatic carbocycles. The Morgan fingerprint density at radius 2 is 2.05 bits per heavy atom. The van der Waals surface area contributed by atoms with Crippen molar-refractivity contribution in [3.05, 3.63) is 30.6 Å². The van der Waals surface area contributed by atoms with E-state index in [1.54, 1.807) is 23.1 Å². The van der Waals surface area contributed by atoms with Crippen LogP contribution in [0.2, 0.25) is 0 Å². The first kappa shape index (κ1) is 14.4. The Morgan fingerprint density at radius 3 is 2.55 bits per heavy atom. The normalized spacial score (nSPS) is 11.8. The molecule has 0 aliphatic heterocycles. The first-order chi connectivity index (χ1) is 9.27. The fourth-order valence-electron chi connectivity index (χ4n) is 1.63. The average molecular weight is 295 g/mol. The van der Waals surface area contributed by atoms with Crippen molar-refractivity contribution in [1.82, 2.24) is 9.78 Å². The van der Waals surface area contributed by atoms with Crippen molar-refractivity contribution < 1.29 is 13.2 Å². The fourth-order valence-corrected chi connectivity index (χ4v) is 2.29. The molecule has 20 heavy (non-hydrogen) atoms. The molecule has 7 heteroatoms. The fraction of sp³-hybridized carbons (Fsp3) is 0.308. The van der Waals surface area contributed by atoms with Crippen molar-refractivity contribution in [2.45, 2.75) is 24.8 Å². The lowest BCUT2D eigenvalue weighted by atomic mass is 10.3. The molecule has 0 aliphatic rings. The Labute approximate surface area is 118 Å². The maximum atomic E-state index is 11.4. The van der Waals surface area contributed by atoms with Gasteiger partial charge in [0.15, 0.2) is 21.3 Å². The summed E-state index contributed by atoms with van der Waals surface area (Å²) in [6, 6.07) is 4.63. The van der Waals surface area contributed by atoms with Gasteiger partial charge in [-0.3, -0.25) is 4.68 Å². The van der Waals surface area contributed by atoms with Crippen LogP contribution in [-0.2, 0) is 9.84 Å². The van der Waals surface area contributed by atoms with E-state index in [1.165, 1.54) is 12.1 Å². The molecule has 0 aliphatic carbocycles. The van der Waals surface area contributed by atoms with Crippen molar-refractivity contribution in [3.8, 4) is 11.5 Å². The summed E-state index contributed by atoms with van der Waals surface area (Å²) in [5.74, 6) is 0.957. The Bertz CT molecular complexity index is 720. The molecule has 0 fully saturated rings. The van der Waals surface area contributed by atoms with Crippen LogP contribution in [0.1, 0.15) is 19.9 Å². The van der Waals surface area contributed by atoms with Gasteiger partial charge in [-0.2, -0.15) is 5.10 Å². The Balaban J connectivity index is 2.25. The van der Waals surface area contributed by atoms with Gasteiger partial charge >= 0.3 is 0 Å². The van der Waals surface area contributed by atoms with Crippen LogP contribution in [0.5, 0.6) is 11.5 Å². The summed E-state index contributed by atoms with van der Waals surface area (Å²) < 4.78 is 30.2. The lowest BCUT2D eigenvalue weighted by Gasteiger charge is -2.08. The van der Waals surface area contributed by atoms with E-state index < -0.39 is 9.84 Å². The third-order valence-electron chi connectivity index (χ3n) is 2.74. The number of sulfone groups is 1. The van der Waals surface area contributed by atoms with E-state index >= 15 is 0 Å². The summed E-state index contributed by atoms with van der Waals surface area (Å²) >= 11 is 0. The third kappa shape index (κ3) is 3.11. The molecule has 0 unspecified atom stereocenters. The number of hydrogen-bond acceptors (Lipinski definition) is 5. The molecule has 0 amide bonds. The van der Waals surface area contributed by atoms with Gasteiger partial charge in [0.25, 0.3) is 0 Å². The summed E-state index contributed by atoms with van der Waals surface area (Å²) in [6.45, 7) is 4.01. The van der Waals surface area contributed by atoms with Crippen LogP contribution in [0.25, 0.3) is 0 Å². The number of rotatable bonds is 4. The highest BCUT2D eigenvalue weighted by molar-refractivity contribution is 7.90. The lowest BCUT2D eigenvalue weighted by Crippen LogP contribution is -2.00. The zero-order chi connectivity index (χ0) is 14.9. The molecule has 6 nitrogen and oxygen atoms in total. The summed E-state index contributed by atoms with van der Waals surface area (Å²) in [7, 11) is -3.27. The third-order valence-corrected chi connectivity index (χ3v) is 3.85. The number of aromatic nitrogens is 2. The van der Waals surface area contributed by atoms with Gasteiger partial charge in [-0.05, 0) is 32.0 Å². The van der Waals surface area contributed by atoms with Crippen LogP contribution >= 0.6 is 0 Å². The number of nitrogen functional groups attached to an aromatic ring is 1. The molecule has 0 radical (unpaired) electrons. The topological polar surface area (TPSA) is 87.2 Å². The van der Waals surface area contributed by atoms with Gasteiger partial charge < -0.3 is 10.5 Å². The van der Waals surface area contributed by atoms with E-state index in [4.69, 9.17) is 10.5 Å². The molecule has 2 N–H and O–H groups in total. The van der Waals surface area contributed by atoms with Crippen molar-refractivity contribution in [1.29, 1.82) is 0 Å². The van der Waals surface area contributed by atoms with Crippen LogP contribution in [0.3, 0.4) is 0 Å². The smallest absolute Gasteiger partial charge is 0.175 e. The largest absolute Gasteiger partial charge is 0.452 e. The Kier molecular flexibility index (Phi) is 3.71. The molecule has 0 spiro atoms.